The van der Waals surface area contributed by atoms with Crippen LogP contribution in [-0.4, -0.2) is 15.1 Å². The van der Waals surface area contributed by atoms with Gasteiger partial charge in [-0.15, -0.1) is 0 Å². The second-order valence-corrected chi connectivity index (χ2v) is 4.87. The minimum Gasteiger partial charge on any atom is -0.389 e. The first-order valence-electron chi connectivity index (χ1n) is 5.40. The van der Waals surface area contributed by atoms with Crippen LogP contribution in [0.4, 0.5) is 0 Å². The van der Waals surface area contributed by atoms with Crippen LogP contribution in [0, 0.1) is 6.92 Å². The summed E-state index contributed by atoms with van der Waals surface area (Å²) in [5.41, 5.74) is 1.88. The average Bonchev–Trinajstić information content (AvgIpc) is 2.29. The molecular weight excluding hydrogens is 232 g/mol. The Morgan fingerprint density at radius 3 is 2.47 bits per heavy atom. The van der Waals surface area contributed by atoms with Gasteiger partial charge in [0.1, 0.15) is 0 Å². The molecule has 0 bridgehead atoms. The Kier molecular flexibility index (Phi) is 3.76. The largest absolute Gasteiger partial charge is 0.389 e. The van der Waals surface area contributed by atoms with E-state index in [1.807, 2.05) is 37.3 Å². The molecule has 1 atom stereocenters. The third-order valence-corrected chi connectivity index (χ3v) is 3.23. The highest BCUT2D eigenvalue weighted by Gasteiger charge is 2.03. The van der Waals surface area contributed by atoms with Gasteiger partial charge >= 0.3 is 0 Å². The van der Waals surface area contributed by atoms with E-state index in [-0.39, 0.29) is 0 Å². The van der Waals surface area contributed by atoms with Crippen LogP contribution < -0.4 is 0 Å². The van der Waals surface area contributed by atoms with Crippen LogP contribution in [0.15, 0.2) is 46.6 Å². The highest BCUT2D eigenvalue weighted by molar-refractivity contribution is 7.99. The molecule has 0 fully saturated rings. The Bertz CT molecular complexity index is 497. The SMILES string of the molecule is Cc1ccnc(Sc2ccc(C(C)O)cc2)n1. The fourth-order valence-corrected chi connectivity index (χ4v) is 2.18. The standard InChI is InChI=1S/C13H14N2OS/c1-9-7-8-14-13(15-9)17-12-5-3-11(4-6-12)10(2)16/h3-8,10,16H,1-2H3. The molecule has 0 saturated carbocycles. The minimum atomic E-state index is -0.427. The summed E-state index contributed by atoms with van der Waals surface area (Å²) in [5, 5.41) is 10.2. The van der Waals surface area contributed by atoms with Crippen molar-refractivity contribution in [2.24, 2.45) is 0 Å². The summed E-state index contributed by atoms with van der Waals surface area (Å²) < 4.78 is 0. The number of rotatable bonds is 3. The van der Waals surface area contributed by atoms with Crippen molar-refractivity contribution in [2.45, 2.75) is 30.0 Å². The lowest BCUT2D eigenvalue weighted by molar-refractivity contribution is 0.199. The van der Waals surface area contributed by atoms with Gasteiger partial charge in [-0.05, 0) is 49.4 Å². The molecule has 2 rings (SSSR count). The zero-order valence-electron chi connectivity index (χ0n) is 9.79. The quantitative estimate of drug-likeness (QED) is 0.846. The number of nitrogens with zero attached hydrogens (tertiary/aromatic N) is 2. The van der Waals surface area contributed by atoms with Crippen LogP contribution in [0.25, 0.3) is 0 Å². The molecule has 0 saturated heterocycles. The maximum atomic E-state index is 9.41. The Hall–Kier alpha value is -1.39. The number of aliphatic hydroxyl groups excluding tert-OH is 1. The molecule has 1 unspecified atom stereocenters. The monoisotopic (exact) mass is 246 g/mol. The van der Waals surface area contributed by atoms with Gasteiger partial charge in [0.2, 0.25) is 0 Å². The number of hydrogen-bond donors (Lipinski definition) is 1. The molecule has 1 N–H and O–H groups in total. The van der Waals surface area contributed by atoms with Crippen molar-refractivity contribution in [2.75, 3.05) is 0 Å². The van der Waals surface area contributed by atoms with E-state index in [2.05, 4.69) is 9.97 Å². The van der Waals surface area contributed by atoms with Crippen LogP contribution in [0.2, 0.25) is 0 Å². The Morgan fingerprint density at radius 2 is 1.88 bits per heavy atom. The van der Waals surface area contributed by atoms with Gasteiger partial charge in [-0.25, -0.2) is 9.97 Å². The Balaban J connectivity index is 2.14. The summed E-state index contributed by atoms with van der Waals surface area (Å²) in [6, 6.07) is 9.66. The number of aryl methyl sites for hydroxylation is 1. The highest BCUT2D eigenvalue weighted by Crippen LogP contribution is 2.25. The lowest BCUT2D eigenvalue weighted by Crippen LogP contribution is -1.90. The van der Waals surface area contributed by atoms with Crippen molar-refractivity contribution in [3.63, 3.8) is 0 Å². The average molecular weight is 246 g/mol. The molecule has 2 aromatic rings. The Morgan fingerprint density at radius 1 is 1.18 bits per heavy atom. The van der Waals surface area contributed by atoms with Crippen molar-refractivity contribution in [1.82, 2.24) is 9.97 Å². The van der Waals surface area contributed by atoms with Gasteiger partial charge in [0.05, 0.1) is 6.10 Å². The van der Waals surface area contributed by atoms with Gasteiger partial charge in [-0.3, -0.25) is 0 Å². The van der Waals surface area contributed by atoms with Gasteiger partial charge in [0.25, 0.3) is 0 Å². The second-order valence-electron chi connectivity index (χ2n) is 3.83. The van der Waals surface area contributed by atoms with Crippen molar-refractivity contribution in [3.8, 4) is 0 Å². The zero-order chi connectivity index (χ0) is 12.3. The topological polar surface area (TPSA) is 46.0 Å². The van der Waals surface area contributed by atoms with E-state index in [1.165, 1.54) is 11.8 Å². The predicted molar refractivity (Wildman–Crippen MR) is 68.0 cm³/mol. The van der Waals surface area contributed by atoms with E-state index < -0.39 is 6.10 Å². The number of aliphatic hydroxyl groups is 1. The van der Waals surface area contributed by atoms with E-state index in [0.29, 0.717) is 0 Å². The van der Waals surface area contributed by atoms with Crippen molar-refractivity contribution in [1.29, 1.82) is 0 Å². The number of benzene rings is 1. The summed E-state index contributed by atoms with van der Waals surface area (Å²) in [5.74, 6) is 0. The van der Waals surface area contributed by atoms with Gasteiger partial charge in [0, 0.05) is 16.8 Å². The van der Waals surface area contributed by atoms with E-state index in [4.69, 9.17) is 0 Å². The van der Waals surface area contributed by atoms with Crippen LogP contribution >= 0.6 is 11.8 Å². The fraction of sp³-hybridized carbons (Fsp3) is 0.231. The van der Waals surface area contributed by atoms with E-state index >= 15 is 0 Å². The summed E-state index contributed by atoms with van der Waals surface area (Å²) in [6.07, 6.45) is 1.33. The second kappa shape index (κ2) is 5.29. The molecule has 4 heteroatoms. The molecule has 0 radical (unpaired) electrons. The van der Waals surface area contributed by atoms with E-state index in [9.17, 15) is 5.11 Å². The summed E-state index contributed by atoms with van der Waals surface area (Å²) in [7, 11) is 0. The zero-order valence-corrected chi connectivity index (χ0v) is 10.6. The third-order valence-electron chi connectivity index (χ3n) is 2.34. The van der Waals surface area contributed by atoms with E-state index in [0.717, 1.165) is 21.3 Å². The lowest BCUT2D eigenvalue weighted by Gasteiger charge is -2.05. The van der Waals surface area contributed by atoms with Gasteiger partial charge in [-0.1, -0.05) is 12.1 Å². The van der Waals surface area contributed by atoms with Crippen LogP contribution in [0.3, 0.4) is 0 Å². The van der Waals surface area contributed by atoms with Gasteiger partial charge < -0.3 is 5.11 Å². The van der Waals surface area contributed by atoms with Gasteiger partial charge in [-0.2, -0.15) is 0 Å². The lowest BCUT2D eigenvalue weighted by atomic mass is 10.1. The smallest absolute Gasteiger partial charge is 0.192 e. The molecule has 1 aromatic carbocycles. The molecule has 0 aliphatic heterocycles. The molecule has 3 nitrogen and oxygen atoms in total. The molecule has 0 aliphatic rings. The first kappa shape index (κ1) is 12.1. The summed E-state index contributed by atoms with van der Waals surface area (Å²) in [6.45, 7) is 3.70. The van der Waals surface area contributed by atoms with Crippen LogP contribution in [0.5, 0.6) is 0 Å². The number of aromatic nitrogens is 2. The molecule has 0 amide bonds. The molecule has 0 aliphatic carbocycles. The minimum absolute atomic E-state index is 0.427. The summed E-state index contributed by atoms with van der Waals surface area (Å²) in [4.78, 5) is 9.59. The van der Waals surface area contributed by atoms with Crippen molar-refractivity contribution >= 4 is 11.8 Å². The maximum absolute atomic E-state index is 9.41. The van der Waals surface area contributed by atoms with Gasteiger partial charge in [0.15, 0.2) is 5.16 Å². The molecule has 88 valence electrons. The molecular formula is C13H14N2OS. The third kappa shape index (κ3) is 3.28. The summed E-state index contributed by atoms with van der Waals surface area (Å²) >= 11 is 1.52. The van der Waals surface area contributed by atoms with Crippen LogP contribution in [-0.2, 0) is 0 Å². The maximum Gasteiger partial charge on any atom is 0.192 e. The van der Waals surface area contributed by atoms with Crippen molar-refractivity contribution in [3.05, 3.63) is 47.8 Å². The molecule has 1 aromatic heterocycles. The number of hydrogen-bond acceptors (Lipinski definition) is 4. The molecule has 0 spiro atoms. The molecule has 1 heterocycles. The first-order valence-corrected chi connectivity index (χ1v) is 6.22. The van der Waals surface area contributed by atoms with Crippen LogP contribution in [0.1, 0.15) is 24.3 Å². The Labute approximate surface area is 105 Å². The normalized spacial score (nSPS) is 12.4. The predicted octanol–water partition coefficient (Wildman–Crippen LogP) is 2.99. The van der Waals surface area contributed by atoms with Crippen molar-refractivity contribution < 1.29 is 5.11 Å². The fourth-order valence-electron chi connectivity index (χ4n) is 1.39. The first-order chi connectivity index (χ1) is 8.15. The highest BCUT2D eigenvalue weighted by atomic mass is 32.2. The van der Waals surface area contributed by atoms with E-state index in [1.54, 1.807) is 13.1 Å². The molecule has 17 heavy (non-hydrogen) atoms.